The lowest BCUT2D eigenvalue weighted by Gasteiger charge is -2.27. The zero-order chi connectivity index (χ0) is 14.5. The van der Waals surface area contributed by atoms with Gasteiger partial charge in [0.2, 0.25) is 0 Å². The van der Waals surface area contributed by atoms with Crippen molar-refractivity contribution in [1.82, 2.24) is 10.2 Å². The van der Waals surface area contributed by atoms with E-state index in [1.807, 2.05) is 19.0 Å². The molecular weight excluding hydrogens is 246 g/mol. The van der Waals surface area contributed by atoms with E-state index >= 15 is 0 Å². The normalized spacial score (nSPS) is 14.4. The number of likely N-dealkylation sites (N-methyl/N-ethyl adjacent to an activating group) is 1. The Balaban J connectivity index is 2.56. The van der Waals surface area contributed by atoms with Crippen LogP contribution < -0.4 is 5.32 Å². The summed E-state index contributed by atoms with van der Waals surface area (Å²) in [6.45, 7) is 2.99. The molecule has 1 rings (SSSR count). The number of aliphatic hydroxyl groups is 1. The van der Waals surface area contributed by atoms with Crippen molar-refractivity contribution in [2.75, 3.05) is 27.2 Å². The molecule has 0 fully saturated rings. The van der Waals surface area contributed by atoms with Crippen LogP contribution in [0.3, 0.4) is 0 Å². The quantitative estimate of drug-likeness (QED) is 0.569. The minimum atomic E-state index is -0.868. The molecule has 0 aromatic heterocycles. The van der Waals surface area contributed by atoms with Crippen molar-refractivity contribution >= 4 is 5.69 Å². The number of hydrogen-bond donors (Lipinski definition) is 2. The van der Waals surface area contributed by atoms with E-state index in [1.54, 1.807) is 25.1 Å². The number of rotatable bonds is 7. The maximum Gasteiger partial charge on any atom is 0.273 e. The molecule has 0 spiro atoms. The number of nitro benzene ring substituents is 1. The largest absolute Gasteiger partial charge is 0.388 e. The summed E-state index contributed by atoms with van der Waals surface area (Å²) in [6, 6.07) is 6.60. The highest BCUT2D eigenvalue weighted by molar-refractivity contribution is 5.39. The SMILES string of the molecule is CN(C)CC(C)(O)CNCc1ccccc1[N+](=O)[O-]. The maximum atomic E-state index is 10.8. The highest BCUT2D eigenvalue weighted by Gasteiger charge is 2.21. The second-order valence-corrected chi connectivity index (χ2v) is 5.22. The molecule has 0 aliphatic rings. The maximum absolute atomic E-state index is 10.8. The molecular formula is C13H21N3O3. The number of nitro groups is 1. The van der Waals surface area contributed by atoms with Crippen LogP contribution in [0.2, 0.25) is 0 Å². The molecule has 1 aromatic carbocycles. The van der Waals surface area contributed by atoms with Crippen molar-refractivity contribution in [1.29, 1.82) is 0 Å². The molecule has 0 saturated heterocycles. The van der Waals surface area contributed by atoms with Gasteiger partial charge in [-0.25, -0.2) is 0 Å². The molecule has 19 heavy (non-hydrogen) atoms. The third-order valence-electron chi connectivity index (χ3n) is 2.67. The van der Waals surface area contributed by atoms with Crippen LogP contribution in [0.25, 0.3) is 0 Å². The molecule has 106 valence electrons. The molecule has 1 unspecified atom stereocenters. The van der Waals surface area contributed by atoms with E-state index in [0.29, 0.717) is 25.2 Å². The van der Waals surface area contributed by atoms with E-state index in [4.69, 9.17) is 0 Å². The van der Waals surface area contributed by atoms with Gasteiger partial charge in [0.05, 0.1) is 10.5 Å². The highest BCUT2D eigenvalue weighted by Crippen LogP contribution is 2.17. The van der Waals surface area contributed by atoms with E-state index in [9.17, 15) is 15.2 Å². The Labute approximate surface area is 113 Å². The molecule has 0 saturated carbocycles. The molecule has 0 aliphatic heterocycles. The molecule has 6 heteroatoms. The van der Waals surface area contributed by atoms with Gasteiger partial charge >= 0.3 is 0 Å². The second kappa shape index (κ2) is 6.60. The van der Waals surface area contributed by atoms with Gasteiger partial charge in [0, 0.05) is 31.3 Å². The second-order valence-electron chi connectivity index (χ2n) is 5.22. The highest BCUT2D eigenvalue weighted by atomic mass is 16.6. The molecule has 0 radical (unpaired) electrons. The van der Waals surface area contributed by atoms with Gasteiger partial charge in [-0.2, -0.15) is 0 Å². The minimum absolute atomic E-state index is 0.0993. The Bertz CT molecular complexity index is 433. The Kier molecular flexibility index (Phi) is 5.41. The fraction of sp³-hybridized carbons (Fsp3) is 0.538. The first-order valence-corrected chi connectivity index (χ1v) is 6.12. The first-order chi connectivity index (χ1) is 8.82. The van der Waals surface area contributed by atoms with Crippen molar-refractivity contribution < 1.29 is 10.0 Å². The van der Waals surface area contributed by atoms with E-state index in [2.05, 4.69) is 5.32 Å². The summed E-state index contributed by atoms with van der Waals surface area (Å²) >= 11 is 0. The number of nitrogens with zero attached hydrogens (tertiary/aromatic N) is 2. The summed E-state index contributed by atoms with van der Waals surface area (Å²) in [5, 5.41) is 24.0. The summed E-state index contributed by atoms with van der Waals surface area (Å²) < 4.78 is 0. The molecule has 1 aromatic rings. The topological polar surface area (TPSA) is 78.6 Å². The Morgan fingerprint density at radius 2 is 2.05 bits per heavy atom. The zero-order valence-electron chi connectivity index (χ0n) is 11.6. The van der Waals surface area contributed by atoms with Gasteiger partial charge in [0.1, 0.15) is 0 Å². The molecule has 2 N–H and O–H groups in total. The molecule has 6 nitrogen and oxygen atoms in total. The fourth-order valence-electron chi connectivity index (χ4n) is 2.04. The molecule has 0 amide bonds. The standard InChI is InChI=1S/C13H21N3O3/c1-13(17,10-15(2)3)9-14-8-11-6-4-5-7-12(11)16(18)19/h4-7,14,17H,8-10H2,1-3H3. The first kappa shape index (κ1) is 15.6. The fourth-order valence-corrected chi connectivity index (χ4v) is 2.04. The van der Waals surface area contributed by atoms with Crippen molar-refractivity contribution in [3.8, 4) is 0 Å². The average molecular weight is 267 g/mol. The lowest BCUT2D eigenvalue weighted by atomic mass is 10.1. The van der Waals surface area contributed by atoms with Gasteiger partial charge < -0.3 is 15.3 Å². The van der Waals surface area contributed by atoms with Crippen LogP contribution >= 0.6 is 0 Å². The molecule has 0 heterocycles. The predicted molar refractivity (Wildman–Crippen MR) is 74.0 cm³/mol. The van der Waals surface area contributed by atoms with Gasteiger partial charge in [-0.05, 0) is 21.0 Å². The van der Waals surface area contributed by atoms with Crippen LogP contribution in [0.15, 0.2) is 24.3 Å². The zero-order valence-corrected chi connectivity index (χ0v) is 11.6. The minimum Gasteiger partial charge on any atom is -0.388 e. The Morgan fingerprint density at radius 1 is 1.42 bits per heavy atom. The Morgan fingerprint density at radius 3 is 2.63 bits per heavy atom. The van der Waals surface area contributed by atoms with Gasteiger partial charge in [0.15, 0.2) is 0 Å². The smallest absolute Gasteiger partial charge is 0.273 e. The average Bonchev–Trinajstić information content (AvgIpc) is 2.27. The molecule has 0 aliphatic carbocycles. The Hall–Kier alpha value is -1.50. The lowest BCUT2D eigenvalue weighted by Crippen LogP contribution is -2.45. The van der Waals surface area contributed by atoms with Crippen LogP contribution in [0.5, 0.6) is 0 Å². The van der Waals surface area contributed by atoms with E-state index in [0.717, 1.165) is 0 Å². The van der Waals surface area contributed by atoms with E-state index in [-0.39, 0.29) is 5.69 Å². The predicted octanol–water partition coefficient (Wildman–Crippen LogP) is 0.997. The summed E-state index contributed by atoms with van der Waals surface area (Å²) in [4.78, 5) is 12.4. The third kappa shape index (κ3) is 5.34. The monoisotopic (exact) mass is 267 g/mol. The van der Waals surface area contributed by atoms with Gasteiger partial charge in [-0.3, -0.25) is 10.1 Å². The van der Waals surface area contributed by atoms with Gasteiger partial charge in [-0.15, -0.1) is 0 Å². The van der Waals surface area contributed by atoms with Crippen molar-refractivity contribution in [2.24, 2.45) is 0 Å². The summed E-state index contributed by atoms with van der Waals surface area (Å²) in [6.07, 6.45) is 0. The summed E-state index contributed by atoms with van der Waals surface area (Å²) in [7, 11) is 3.77. The number of nitrogens with one attached hydrogen (secondary N) is 1. The van der Waals surface area contributed by atoms with Crippen LogP contribution in [-0.4, -0.2) is 47.7 Å². The van der Waals surface area contributed by atoms with Gasteiger partial charge in [-0.1, -0.05) is 18.2 Å². The number of hydrogen-bond acceptors (Lipinski definition) is 5. The van der Waals surface area contributed by atoms with Crippen molar-refractivity contribution in [3.05, 3.63) is 39.9 Å². The number of para-hydroxylation sites is 1. The molecule has 0 bridgehead atoms. The first-order valence-electron chi connectivity index (χ1n) is 6.12. The number of benzene rings is 1. The van der Waals surface area contributed by atoms with Gasteiger partial charge in [0.25, 0.3) is 5.69 Å². The van der Waals surface area contributed by atoms with E-state index in [1.165, 1.54) is 6.07 Å². The third-order valence-corrected chi connectivity index (χ3v) is 2.67. The van der Waals surface area contributed by atoms with Crippen LogP contribution in [-0.2, 0) is 6.54 Å². The van der Waals surface area contributed by atoms with Crippen LogP contribution in [0.4, 0.5) is 5.69 Å². The van der Waals surface area contributed by atoms with Crippen LogP contribution in [0, 0.1) is 10.1 Å². The van der Waals surface area contributed by atoms with E-state index < -0.39 is 10.5 Å². The molecule has 1 atom stereocenters. The van der Waals surface area contributed by atoms with Crippen molar-refractivity contribution in [3.63, 3.8) is 0 Å². The summed E-state index contributed by atoms with van der Waals surface area (Å²) in [5.41, 5.74) is -0.150. The van der Waals surface area contributed by atoms with Crippen LogP contribution in [0.1, 0.15) is 12.5 Å². The van der Waals surface area contributed by atoms with Crippen molar-refractivity contribution in [2.45, 2.75) is 19.1 Å². The summed E-state index contributed by atoms with van der Waals surface area (Å²) in [5.74, 6) is 0. The lowest BCUT2D eigenvalue weighted by molar-refractivity contribution is -0.385.